The molecule has 0 aliphatic rings. The fraction of sp³-hybridized carbons (Fsp3) is 0.300. The summed E-state index contributed by atoms with van der Waals surface area (Å²) in [6.07, 6.45) is 3.75. The van der Waals surface area contributed by atoms with Crippen LogP contribution in [0.25, 0.3) is 11.0 Å². The van der Waals surface area contributed by atoms with E-state index in [0.717, 1.165) is 11.0 Å². The largest absolute Gasteiger partial charge is 0.339 e. The molecule has 2 aromatic heterocycles. The predicted molar refractivity (Wildman–Crippen MR) is 52.3 cm³/mol. The van der Waals surface area contributed by atoms with Gasteiger partial charge in [-0.3, -0.25) is 0 Å². The third kappa shape index (κ3) is 1.80. The Labute approximate surface area is 77.9 Å². The van der Waals surface area contributed by atoms with E-state index in [1.54, 1.807) is 11.8 Å². The Morgan fingerprint density at radius 1 is 1.31 bits per heavy atom. The molecule has 0 unspecified atom stereocenters. The summed E-state index contributed by atoms with van der Waals surface area (Å²) in [5.74, 6) is 0. The van der Waals surface area contributed by atoms with Gasteiger partial charge in [-0.25, -0.2) is 4.98 Å². The van der Waals surface area contributed by atoms with Crippen molar-refractivity contribution in [3.05, 3.63) is 30.6 Å². The Balaban J connectivity index is 0.000000396. The second kappa shape index (κ2) is 4.50. The van der Waals surface area contributed by atoms with Crippen LogP contribution >= 0.6 is 0 Å². The maximum Gasteiger partial charge on any atom is 0.325 e. The highest BCUT2D eigenvalue weighted by Gasteiger charge is 2.05. The summed E-state index contributed by atoms with van der Waals surface area (Å²) in [6, 6.07) is 5.98. The fourth-order valence-electron chi connectivity index (χ4n) is 1.15. The lowest BCUT2D eigenvalue weighted by molar-refractivity contribution is -0.866. The molecule has 0 fully saturated rings. The molecule has 0 saturated carbocycles. The van der Waals surface area contributed by atoms with Gasteiger partial charge in [0.15, 0.2) is 0 Å². The average Bonchev–Trinajstić information content (AvgIpc) is 2.68. The molecular formula is C10H15N2O+. The van der Waals surface area contributed by atoms with E-state index >= 15 is 0 Å². The number of nitrogens with zero attached hydrogens (tertiary/aromatic N) is 1. The third-order valence-corrected chi connectivity index (χ3v) is 1.67. The Hall–Kier alpha value is -1.51. The molecule has 0 aliphatic carbocycles. The molecule has 1 N–H and O–H groups in total. The van der Waals surface area contributed by atoms with Crippen LogP contribution in [-0.2, 0) is 0 Å². The van der Waals surface area contributed by atoms with Gasteiger partial charge in [0.05, 0.1) is 11.6 Å². The molecule has 0 aliphatic heterocycles. The summed E-state index contributed by atoms with van der Waals surface area (Å²) in [5.41, 5.74) is 0.981. The van der Waals surface area contributed by atoms with Crippen LogP contribution in [0.15, 0.2) is 30.6 Å². The second-order valence-electron chi connectivity index (χ2n) is 2.30. The first-order chi connectivity index (χ1) is 6.42. The minimum Gasteiger partial charge on any atom is -0.339 e. The van der Waals surface area contributed by atoms with E-state index in [4.69, 9.17) is 4.84 Å². The van der Waals surface area contributed by atoms with E-state index in [9.17, 15) is 0 Å². The zero-order valence-electron chi connectivity index (χ0n) is 8.24. The Kier molecular flexibility index (Phi) is 3.31. The van der Waals surface area contributed by atoms with Crippen molar-refractivity contribution < 1.29 is 9.57 Å². The molecule has 0 spiro atoms. The molecule has 0 radical (unpaired) electrons. The third-order valence-electron chi connectivity index (χ3n) is 1.67. The van der Waals surface area contributed by atoms with Crippen LogP contribution in [0.4, 0.5) is 0 Å². The van der Waals surface area contributed by atoms with Gasteiger partial charge >= 0.3 is 5.65 Å². The highest BCUT2D eigenvalue weighted by molar-refractivity contribution is 5.71. The van der Waals surface area contributed by atoms with Crippen molar-refractivity contribution in [2.75, 3.05) is 7.11 Å². The zero-order valence-corrected chi connectivity index (χ0v) is 8.24. The number of hydrogen-bond donors (Lipinski definition) is 1. The van der Waals surface area contributed by atoms with Crippen LogP contribution in [0.2, 0.25) is 0 Å². The van der Waals surface area contributed by atoms with E-state index < -0.39 is 0 Å². The first kappa shape index (κ1) is 9.58. The van der Waals surface area contributed by atoms with E-state index in [1.807, 2.05) is 44.4 Å². The number of aromatic amines is 1. The Morgan fingerprint density at radius 2 is 2.08 bits per heavy atom. The van der Waals surface area contributed by atoms with Crippen molar-refractivity contribution in [2.45, 2.75) is 13.8 Å². The topological polar surface area (TPSA) is 28.9 Å². The predicted octanol–water partition coefficient (Wildman–Crippen LogP) is 1.54. The van der Waals surface area contributed by atoms with Crippen molar-refractivity contribution in [3.63, 3.8) is 0 Å². The average molecular weight is 179 g/mol. The molecule has 2 rings (SSSR count). The molecule has 0 aromatic carbocycles. The number of nitrogens with one attached hydrogen (secondary N) is 1. The molecule has 13 heavy (non-hydrogen) atoms. The van der Waals surface area contributed by atoms with Crippen LogP contribution in [0, 0.1) is 0 Å². The second-order valence-corrected chi connectivity index (χ2v) is 2.30. The normalized spacial score (nSPS) is 9.15. The van der Waals surface area contributed by atoms with Gasteiger partial charge in [0.2, 0.25) is 0 Å². The van der Waals surface area contributed by atoms with Gasteiger partial charge in [0.1, 0.15) is 13.3 Å². The summed E-state index contributed by atoms with van der Waals surface area (Å²) < 4.78 is 1.69. The van der Waals surface area contributed by atoms with Crippen molar-refractivity contribution in [3.8, 4) is 0 Å². The molecular weight excluding hydrogens is 164 g/mol. The Bertz CT molecular complexity index is 368. The van der Waals surface area contributed by atoms with Gasteiger partial charge in [0.25, 0.3) is 0 Å². The van der Waals surface area contributed by atoms with Gasteiger partial charge in [-0.05, 0) is 22.9 Å². The highest BCUT2D eigenvalue weighted by Crippen LogP contribution is 2.04. The molecule has 0 atom stereocenters. The SMILES string of the molecule is CC.CO[n+]1cccc2cc[nH]c21. The van der Waals surface area contributed by atoms with Crippen molar-refractivity contribution >= 4 is 11.0 Å². The van der Waals surface area contributed by atoms with E-state index in [1.165, 1.54) is 0 Å². The lowest BCUT2D eigenvalue weighted by Crippen LogP contribution is -2.40. The van der Waals surface area contributed by atoms with Crippen molar-refractivity contribution in [1.82, 2.24) is 4.98 Å². The number of aromatic nitrogens is 2. The van der Waals surface area contributed by atoms with Crippen LogP contribution in [0.1, 0.15) is 13.8 Å². The van der Waals surface area contributed by atoms with Gasteiger partial charge in [-0.2, -0.15) is 0 Å². The molecule has 0 bridgehead atoms. The monoisotopic (exact) mass is 179 g/mol. The molecule has 2 aromatic rings. The van der Waals surface area contributed by atoms with Gasteiger partial charge in [-0.15, -0.1) is 0 Å². The molecule has 70 valence electrons. The first-order valence-corrected chi connectivity index (χ1v) is 4.44. The minimum atomic E-state index is 0.981. The lowest BCUT2D eigenvalue weighted by atomic mass is 10.3. The van der Waals surface area contributed by atoms with Crippen LogP contribution < -0.4 is 9.57 Å². The smallest absolute Gasteiger partial charge is 0.325 e. The molecule has 0 saturated heterocycles. The quantitative estimate of drug-likeness (QED) is 0.661. The summed E-state index contributed by atoms with van der Waals surface area (Å²) in [6.45, 7) is 4.00. The summed E-state index contributed by atoms with van der Waals surface area (Å²) >= 11 is 0. The van der Waals surface area contributed by atoms with Crippen LogP contribution in [0.3, 0.4) is 0 Å². The van der Waals surface area contributed by atoms with E-state index in [-0.39, 0.29) is 0 Å². The number of pyridine rings is 1. The number of hydrogen-bond acceptors (Lipinski definition) is 1. The molecule has 0 amide bonds. The molecule has 3 heteroatoms. The van der Waals surface area contributed by atoms with E-state index in [0.29, 0.717) is 0 Å². The minimum absolute atomic E-state index is 0.981. The highest BCUT2D eigenvalue weighted by atomic mass is 16.6. The summed E-state index contributed by atoms with van der Waals surface area (Å²) in [7, 11) is 1.64. The number of fused-ring (bicyclic) bond motifs is 1. The maximum atomic E-state index is 5.07. The Morgan fingerprint density at radius 3 is 2.77 bits per heavy atom. The van der Waals surface area contributed by atoms with Gasteiger partial charge in [0, 0.05) is 0 Å². The lowest BCUT2D eigenvalue weighted by Gasteiger charge is -1.94. The van der Waals surface area contributed by atoms with Gasteiger partial charge in [-0.1, -0.05) is 13.8 Å². The van der Waals surface area contributed by atoms with Crippen LogP contribution in [0.5, 0.6) is 0 Å². The van der Waals surface area contributed by atoms with Crippen LogP contribution in [-0.4, -0.2) is 12.1 Å². The fourth-order valence-corrected chi connectivity index (χ4v) is 1.15. The maximum absolute atomic E-state index is 5.07. The molecule has 2 heterocycles. The number of rotatable bonds is 1. The van der Waals surface area contributed by atoms with Gasteiger partial charge < -0.3 is 4.84 Å². The summed E-state index contributed by atoms with van der Waals surface area (Å²) in [4.78, 5) is 8.15. The summed E-state index contributed by atoms with van der Waals surface area (Å²) in [5, 5.41) is 1.15. The standard InChI is InChI=1S/C8H8N2O.C2H6/c1-11-10-6-2-3-7-4-5-9-8(7)10;1-2/h2-6H,1H3;1-2H3/p+1. The molecule has 3 nitrogen and oxygen atoms in total. The van der Waals surface area contributed by atoms with E-state index in [2.05, 4.69) is 4.98 Å². The zero-order chi connectivity index (χ0) is 9.68. The number of H-pyrrole nitrogens is 1. The van der Waals surface area contributed by atoms with Crippen molar-refractivity contribution in [2.24, 2.45) is 0 Å². The first-order valence-electron chi connectivity index (χ1n) is 4.44. The van der Waals surface area contributed by atoms with Crippen molar-refractivity contribution in [1.29, 1.82) is 0 Å².